The van der Waals surface area contributed by atoms with E-state index >= 15 is 0 Å². The molecule has 1 aliphatic rings. The van der Waals surface area contributed by atoms with Gasteiger partial charge in [0.15, 0.2) is 6.10 Å². The first kappa shape index (κ1) is 20.9. The maximum Gasteiger partial charge on any atom is 0.370 e. The molecule has 0 fully saturated rings. The first-order valence-electron chi connectivity index (χ1n) is 7.87. The lowest BCUT2D eigenvalue weighted by Gasteiger charge is -2.38. The summed E-state index contributed by atoms with van der Waals surface area (Å²) in [5, 5.41) is 44.1. The van der Waals surface area contributed by atoms with E-state index in [1.807, 2.05) is 0 Å². The normalized spacial score (nSPS) is 25.2. The minimum atomic E-state index is -1.67. The third-order valence-corrected chi connectivity index (χ3v) is 3.60. The second-order valence-electron chi connectivity index (χ2n) is 5.75. The van der Waals surface area contributed by atoms with Gasteiger partial charge >= 0.3 is 5.97 Å². The monoisotopic (exact) mass is 360 g/mol. The van der Waals surface area contributed by atoms with E-state index < -0.39 is 48.1 Å². The van der Waals surface area contributed by atoms with Crippen molar-refractivity contribution in [2.75, 3.05) is 6.54 Å². The fraction of sp³-hybridized carbons (Fsp3) is 0.667. The fourth-order valence-corrected chi connectivity index (χ4v) is 2.39. The van der Waals surface area contributed by atoms with Gasteiger partial charge in [0.05, 0.1) is 6.04 Å². The van der Waals surface area contributed by atoms with Gasteiger partial charge in [0.25, 0.3) is 0 Å². The predicted octanol–water partition coefficient (Wildman–Crippen LogP) is -2.14. The number of carboxylic acid groups (broad SMARTS) is 1. The van der Waals surface area contributed by atoms with E-state index in [0.29, 0.717) is 6.42 Å². The molecule has 0 saturated carbocycles. The van der Waals surface area contributed by atoms with Gasteiger partial charge in [-0.1, -0.05) is 6.92 Å². The van der Waals surface area contributed by atoms with Crippen LogP contribution in [0.25, 0.3) is 0 Å². The number of aliphatic carboxylic acids is 1. The zero-order valence-corrected chi connectivity index (χ0v) is 14.0. The van der Waals surface area contributed by atoms with Gasteiger partial charge in [0.1, 0.15) is 18.3 Å². The first-order valence-corrected chi connectivity index (χ1v) is 7.87. The highest BCUT2D eigenvalue weighted by atomic mass is 16.5. The summed E-state index contributed by atoms with van der Waals surface area (Å²) in [6.45, 7) is 2.68. The van der Waals surface area contributed by atoms with Crippen LogP contribution >= 0.6 is 0 Å². The number of aliphatic hydroxyl groups excluding tert-OH is 3. The Morgan fingerprint density at radius 2 is 1.96 bits per heavy atom. The molecule has 1 rings (SSSR count). The van der Waals surface area contributed by atoms with Gasteiger partial charge in [0, 0.05) is 19.9 Å². The number of carboxylic acids is 1. The molecule has 0 bridgehead atoms. The summed E-state index contributed by atoms with van der Waals surface area (Å²) in [6, 6.07) is -1.17. The molecule has 0 aliphatic carbocycles. The van der Waals surface area contributed by atoms with E-state index in [1.54, 1.807) is 6.92 Å². The third kappa shape index (κ3) is 6.00. The van der Waals surface area contributed by atoms with Gasteiger partial charge in [-0.3, -0.25) is 9.59 Å². The third-order valence-electron chi connectivity index (χ3n) is 3.60. The van der Waals surface area contributed by atoms with Crippen molar-refractivity contribution in [3.8, 4) is 0 Å². The van der Waals surface area contributed by atoms with E-state index in [9.17, 15) is 29.7 Å². The van der Waals surface area contributed by atoms with Gasteiger partial charge in [-0.25, -0.2) is 4.79 Å². The predicted molar refractivity (Wildman–Crippen MR) is 84.1 cm³/mol. The molecule has 0 aromatic carbocycles. The molecule has 10 nitrogen and oxygen atoms in total. The molecule has 10 heteroatoms. The average molecular weight is 360 g/mol. The molecular weight excluding hydrogens is 336 g/mol. The molecule has 5 atom stereocenters. The van der Waals surface area contributed by atoms with Crippen molar-refractivity contribution in [2.45, 2.75) is 57.1 Å². The summed E-state index contributed by atoms with van der Waals surface area (Å²) in [6.07, 6.45) is -4.28. The molecule has 2 amide bonds. The van der Waals surface area contributed by atoms with Crippen molar-refractivity contribution in [1.29, 1.82) is 0 Å². The number of carbonyl (C=O) groups is 3. The molecule has 25 heavy (non-hydrogen) atoms. The lowest BCUT2D eigenvalue weighted by molar-refractivity contribution is -0.147. The average Bonchev–Trinajstić information content (AvgIpc) is 2.53. The molecule has 142 valence electrons. The number of hydrogen-bond donors (Lipinski definition) is 6. The van der Waals surface area contributed by atoms with Crippen molar-refractivity contribution in [2.24, 2.45) is 0 Å². The topological polar surface area (TPSA) is 165 Å². The minimum Gasteiger partial charge on any atom is -0.478 e. The van der Waals surface area contributed by atoms with Crippen LogP contribution in [0.1, 0.15) is 26.7 Å². The van der Waals surface area contributed by atoms with Crippen molar-refractivity contribution >= 4 is 17.8 Å². The van der Waals surface area contributed by atoms with Gasteiger partial charge in [-0.2, -0.15) is 0 Å². The second kappa shape index (κ2) is 9.35. The number of aliphatic hydroxyl groups is 3. The first-order chi connectivity index (χ1) is 11.7. The van der Waals surface area contributed by atoms with Crippen LogP contribution in [0, 0.1) is 0 Å². The van der Waals surface area contributed by atoms with Crippen LogP contribution in [0.15, 0.2) is 11.8 Å². The lowest BCUT2D eigenvalue weighted by Crippen LogP contribution is -2.60. The SMILES string of the molecule is CCCC(=O)NCC(O)C(O)C1OC(C(=O)O)=C[C@@H](O)[C@H]1NC(C)=O. The molecule has 1 aliphatic heterocycles. The lowest BCUT2D eigenvalue weighted by atomic mass is 9.93. The Morgan fingerprint density at radius 3 is 2.48 bits per heavy atom. The fourth-order valence-electron chi connectivity index (χ4n) is 2.39. The van der Waals surface area contributed by atoms with Crippen molar-refractivity contribution < 1.29 is 39.5 Å². The van der Waals surface area contributed by atoms with Crippen LogP contribution in [0.3, 0.4) is 0 Å². The van der Waals surface area contributed by atoms with E-state index in [-0.39, 0.29) is 18.9 Å². The molecule has 0 saturated heterocycles. The Balaban J connectivity index is 2.87. The molecule has 0 radical (unpaired) electrons. The highest BCUT2D eigenvalue weighted by Gasteiger charge is 2.43. The molecule has 6 N–H and O–H groups in total. The zero-order chi connectivity index (χ0) is 19.1. The molecule has 1 heterocycles. The highest BCUT2D eigenvalue weighted by molar-refractivity contribution is 5.84. The minimum absolute atomic E-state index is 0.252. The Bertz CT molecular complexity index is 536. The van der Waals surface area contributed by atoms with E-state index in [0.717, 1.165) is 6.08 Å². The second-order valence-corrected chi connectivity index (χ2v) is 5.75. The molecule has 0 aromatic heterocycles. The number of hydrogen-bond acceptors (Lipinski definition) is 7. The Labute approximate surface area is 144 Å². The van der Waals surface area contributed by atoms with Gasteiger partial charge in [0.2, 0.25) is 17.6 Å². The van der Waals surface area contributed by atoms with E-state index in [4.69, 9.17) is 9.84 Å². The summed E-state index contributed by atoms with van der Waals surface area (Å²) in [4.78, 5) is 33.8. The standard InChI is InChI=1S/C15H24N2O8/c1-3-4-11(21)16-6-9(20)13(22)14-12(17-7(2)18)8(19)5-10(25-14)15(23)24/h5,8-9,12-14,19-20,22H,3-4,6H2,1-2H3,(H,16,21)(H,17,18)(H,23,24)/t8-,9?,12-,13?,14?/m1/s1. The highest BCUT2D eigenvalue weighted by Crippen LogP contribution is 2.22. The van der Waals surface area contributed by atoms with Gasteiger partial charge in [-0.05, 0) is 12.5 Å². The summed E-state index contributed by atoms with van der Waals surface area (Å²) >= 11 is 0. The molecule has 0 spiro atoms. The summed E-state index contributed by atoms with van der Waals surface area (Å²) in [5.74, 6) is -2.94. The van der Waals surface area contributed by atoms with Gasteiger partial charge < -0.3 is 35.8 Å². The summed E-state index contributed by atoms with van der Waals surface area (Å²) < 4.78 is 5.13. The van der Waals surface area contributed by atoms with Crippen molar-refractivity contribution in [3.05, 3.63) is 11.8 Å². The summed E-state index contributed by atoms with van der Waals surface area (Å²) in [7, 11) is 0. The van der Waals surface area contributed by atoms with E-state index in [1.165, 1.54) is 6.92 Å². The number of ether oxygens (including phenoxy) is 1. The molecule has 3 unspecified atom stereocenters. The van der Waals surface area contributed by atoms with Crippen LogP contribution in [-0.2, 0) is 19.1 Å². The van der Waals surface area contributed by atoms with Crippen LogP contribution in [0.5, 0.6) is 0 Å². The maximum absolute atomic E-state index is 11.4. The number of carbonyl (C=O) groups excluding carboxylic acids is 2. The Hall–Kier alpha value is -2.17. The van der Waals surface area contributed by atoms with Crippen LogP contribution in [0.2, 0.25) is 0 Å². The zero-order valence-electron chi connectivity index (χ0n) is 14.0. The summed E-state index contributed by atoms with van der Waals surface area (Å²) in [5.41, 5.74) is 0. The number of rotatable bonds is 8. The van der Waals surface area contributed by atoms with Crippen LogP contribution in [-0.4, -0.2) is 75.2 Å². The van der Waals surface area contributed by atoms with Crippen molar-refractivity contribution in [3.63, 3.8) is 0 Å². The quantitative estimate of drug-likeness (QED) is 0.285. The van der Waals surface area contributed by atoms with E-state index in [2.05, 4.69) is 10.6 Å². The number of nitrogens with one attached hydrogen (secondary N) is 2. The Kier molecular flexibility index (Phi) is 7.81. The van der Waals surface area contributed by atoms with Crippen LogP contribution in [0.4, 0.5) is 0 Å². The smallest absolute Gasteiger partial charge is 0.370 e. The largest absolute Gasteiger partial charge is 0.478 e. The van der Waals surface area contributed by atoms with Crippen LogP contribution < -0.4 is 10.6 Å². The van der Waals surface area contributed by atoms with Crippen molar-refractivity contribution in [1.82, 2.24) is 10.6 Å². The number of amides is 2. The maximum atomic E-state index is 11.4. The van der Waals surface area contributed by atoms with Gasteiger partial charge in [-0.15, -0.1) is 0 Å². The molecule has 0 aromatic rings. The Morgan fingerprint density at radius 1 is 1.32 bits per heavy atom. The molecular formula is C15H24N2O8.